The molecule has 0 aliphatic heterocycles. The Morgan fingerprint density at radius 3 is 1.92 bits per heavy atom. The van der Waals surface area contributed by atoms with Gasteiger partial charge in [-0.15, -0.1) is 0 Å². The Morgan fingerprint density at radius 2 is 1.11 bits per heavy atom. The van der Waals surface area contributed by atoms with Crippen molar-refractivity contribution in [2.45, 2.75) is 68.6 Å². The molecule has 0 unspecified atom stereocenters. The van der Waals surface area contributed by atoms with Gasteiger partial charge in [-0.05, 0) is 150 Å². The Kier molecular flexibility index (Phi) is 5.72. The molecule has 2 nitrogen and oxygen atoms in total. The maximum absolute atomic E-state index is 6.60. The minimum atomic E-state index is 0.0505. The highest BCUT2D eigenvalue weighted by Crippen LogP contribution is 2.71. The topological polar surface area (TPSA) is 16.4 Å². The summed E-state index contributed by atoms with van der Waals surface area (Å²) < 4.78 is 6.60. The maximum atomic E-state index is 6.60. The van der Waals surface area contributed by atoms with E-state index >= 15 is 0 Å². The fourth-order valence-corrected chi connectivity index (χ4v) is 13.8. The van der Waals surface area contributed by atoms with E-state index in [4.69, 9.17) is 4.42 Å². The molecule has 4 bridgehead atoms. The van der Waals surface area contributed by atoms with Crippen LogP contribution in [0.4, 0.5) is 17.1 Å². The summed E-state index contributed by atoms with van der Waals surface area (Å²) in [5.41, 5.74) is 17.9. The van der Waals surface area contributed by atoms with Crippen molar-refractivity contribution in [1.82, 2.24) is 0 Å². The van der Waals surface area contributed by atoms with Gasteiger partial charge in [0.1, 0.15) is 11.2 Å². The molecule has 6 aromatic carbocycles. The van der Waals surface area contributed by atoms with Crippen molar-refractivity contribution in [2.75, 3.05) is 4.90 Å². The first-order chi connectivity index (χ1) is 26.2. The van der Waals surface area contributed by atoms with E-state index in [2.05, 4.69) is 132 Å². The predicted molar refractivity (Wildman–Crippen MR) is 216 cm³/mol. The molecule has 5 fully saturated rings. The second kappa shape index (κ2) is 10.3. The van der Waals surface area contributed by atoms with Gasteiger partial charge in [0, 0.05) is 39.0 Å². The number of furan rings is 1. The Hall–Kier alpha value is -5.08. The van der Waals surface area contributed by atoms with Gasteiger partial charge in [-0.1, -0.05) is 97.8 Å². The Morgan fingerprint density at radius 1 is 0.491 bits per heavy atom. The molecule has 1 heterocycles. The van der Waals surface area contributed by atoms with E-state index in [0.717, 1.165) is 23.0 Å². The standard InChI is InChI=1S/C51H43NO/c1-4-14-43-38(11-1)42-29-35(19-21-44(42)50(43)22-7-8-23-50)52(36-18-20-40-39-12-3-6-17-47(39)53-48(40)30-36)46-16-9-13-41-37-10-2-5-15-45(37)51(49(41)46)33-25-31-24-32(27-33)28-34(51)26-31/h1-6,9-21,29-34H,7-8,22-28H2. The van der Waals surface area contributed by atoms with Gasteiger partial charge in [-0.2, -0.15) is 0 Å². The van der Waals surface area contributed by atoms with Crippen molar-refractivity contribution in [3.05, 3.63) is 150 Å². The highest BCUT2D eigenvalue weighted by molar-refractivity contribution is 6.06. The van der Waals surface area contributed by atoms with Crippen LogP contribution < -0.4 is 4.90 Å². The first kappa shape index (κ1) is 29.4. The third kappa shape index (κ3) is 3.66. The van der Waals surface area contributed by atoms with Gasteiger partial charge >= 0.3 is 0 Å². The number of hydrogen-bond donors (Lipinski definition) is 0. The van der Waals surface area contributed by atoms with E-state index in [1.807, 2.05) is 0 Å². The summed E-state index contributed by atoms with van der Waals surface area (Å²) in [5, 5.41) is 2.36. The summed E-state index contributed by atoms with van der Waals surface area (Å²) in [6.45, 7) is 0. The van der Waals surface area contributed by atoms with Gasteiger partial charge in [-0.3, -0.25) is 0 Å². The lowest BCUT2D eigenvalue weighted by Crippen LogP contribution is -2.55. The molecular weight excluding hydrogens is 643 g/mol. The second-order valence-electron chi connectivity index (χ2n) is 17.6. The molecule has 14 rings (SSSR count). The highest BCUT2D eigenvalue weighted by atomic mass is 16.3. The molecule has 2 spiro atoms. The van der Waals surface area contributed by atoms with E-state index in [1.165, 1.54) is 113 Å². The normalized spacial score (nSPS) is 26.4. The van der Waals surface area contributed by atoms with Crippen LogP contribution in [0.15, 0.2) is 132 Å². The summed E-state index contributed by atoms with van der Waals surface area (Å²) in [5.74, 6) is 3.18. The van der Waals surface area contributed by atoms with Crippen LogP contribution in [0, 0.1) is 23.7 Å². The van der Waals surface area contributed by atoms with Gasteiger partial charge in [0.15, 0.2) is 0 Å². The lowest BCUT2D eigenvalue weighted by Gasteiger charge is -2.61. The number of fused-ring (bicyclic) bond motifs is 11. The molecule has 7 aliphatic carbocycles. The number of nitrogens with zero attached hydrogens (tertiary/aromatic N) is 1. The molecule has 7 aliphatic rings. The van der Waals surface area contributed by atoms with E-state index < -0.39 is 0 Å². The van der Waals surface area contributed by atoms with E-state index in [0.29, 0.717) is 11.8 Å². The summed E-state index contributed by atoms with van der Waals surface area (Å²) in [6.07, 6.45) is 12.1. The first-order valence-corrected chi connectivity index (χ1v) is 20.4. The van der Waals surface area contributed by atoms with Crippen molar-refractivity contribution in [3.8, 4) is 22.3 Å². The van der Waals surface area contributed by atoms with Crippen molar-refractivity contribution < 1.29 is 4.42 Å². The molecule has 7 aromatic rings. The van der Waals surface area contributed by atoms with Crippen molar-refractivity contribution in [3.63, 3.8) is 0 Å². The zero-order chi connectivity index (χ0) is 34.5. The third-order valence-electron chi connectivity index (χ3n) is 15.4. The number of benzene rings is 6. The molecule has 0 saturated heterocycles. The van der Waals surface area contributed by atoms with Crippen LogP contribution in [0.1, 0.15) is 80.0 Å². The maximum Gasteiger partial charge on any atom is 0.137 e. The van der Waals surface area contributed by atoms with Crippen LogP contribution in [0.3, 0.4) is 0 Å². The average molecular weight is 686 g/mol. The van der Waals surface area contributed by atoms with Crippen molar-refractivity contribution in [1.29, 1.82) is 0 Å². The quantitative estimate of drug-likeness (QED) is 0.184. The summed E-state index contributed by atoms with van der Waals surface area (Å²) in [4.78, 5) is 2.63. The van der Waals surface area contributed by atoms with Crippen molar-refractivity contribution >= 4 is 39.0 Å². The van der Waals surface area contributed by atoms with Gasteiger partial charge in [0.25, 0.3) is 0 Å². The van der Waals surface area contributed by atoms with E-state index in [9.17, 15) is 0 Å². The van der Waals surface area contributed by atoms with Crippen LogP contribution in [-0.2, 0) is 10.8 Å². The monoisotopic (exact) mass is 685 g/mol. The largest absolute Gasteiger partial charge is 0.456 e. The number of para-hydroxylation sites is 1. The highest BCUT2D eigenvalue weighted by Gasteiger charge is 2.62. The van der Waals surface area contributed by atoms with Crippen LogP contribution in [0.2, 0.25) is 0 Å². The second-order valence-corrected chi connectivity index (χ2v) is 17.6. The van der Waals surface area contributed by atoms with E-state index in [-0.39, 0.29) is 10.8 Å². The molecule has 2 heteroatoms. The Bertz CT molecular complexity index is 2640. The molecule has 0 atom stereocenters. The molecule has 258 valence electrons. The summed E-state index contributed by atoms with van der Waals surface area (Å²) >= 11 is 0. The zero-order valence-corrected chi connectivity index (χ0v) is 30.2. The smallest absolute Gasteiger partial charge is 0.137 e. The molecule has 53 heavy (non-hydrogen) atoms. The number of rotatable bonds is 3. The number of hydrogen-bond acceptors (Lipinski definition) is 2. The van der Waals surface area contributed by atoms with E-state index in [1.54, 1.807) is 16.7 Å². The van der Waals surface area contributed by atoms with Crippen LogP contribution >= 0.6 is 0 Å². The minimum Gasteiger partial charge on any atom is -0.456 e. The average Bonchev–Trinajstić information content (AvgIpc) is 3.96. The van der Waals surface area contributed by atoms with Gasteiger partial charge < -0.3 is 9.32 Å². The molecule has 0 radical (unpaired) electrons. The number of anilines is 3. The molecule has 0 amide bonds. The van der Waals surface area contributed by atoms with Gasteiger partial charge in [0.05, 0.1) is 5.69 Å². The SMILES string of the molecule is c1ccc2c(c1)-c1cc(N(c3ccc4c(c3)oc3ccccc34)c3cccc4c3C3(c5ccccc5-4)C4CC5CC(C4)CC3C5)ccc1C21CCCC1. The third-order valence-corrected chi connectivity index (χ3v) is 15.4. The van der Waals surface area contributed by atoms with Crippen LogP contribution in [0.5, 0.6) is 0 Å². The fraction of sp³-hybridized carbons (Fsp3) is 0.294. The van der Waals surface area contributed by atoms with Crippen LogP contribution in [0.25, 0.3) is 44.2 Å². The Labute approximate surface area is 311 Å². The first-order valence-electron chi connectivity index (χ1n) is 20.4. The molecule has 5 saturated carbocycles. The minimum absolute atomic E-state index is 0.0505. The summed E-state index contributed by atoms with van der Waals surface area (Å²) in [7, 11) is 0. The van der Waals surface area contributed by atoms with Gasteiger partial charge in [-0.25, -0.2) is 0 Å². The predicted octanol–water partition coefficient (Wildman–Crippen LogP) is 13.6. The van der Waals surface area contributed by atoms with Crippen molar-refractivity contribution in [2.24, 2.45) is 23.7 Å². The Balaban J connectivity index is 1.09. The molecule has 0 N–H and O–H groups in total. The van der Waals surface area contributed by atoms with Crippen LogP contribution in [-0.4, -0.2) is 0 Å². The molecule has 1 aromatic heterocycles. The fourth-order valence-electron chi connectivity index (χ4n) is 13.8. The summed E-state index contributed by atoms with van der Waals surface area (Å²) in [6, 6.07) is 49.1. The van der Waals surface area contributed by atoms with Gasteiger partial charge in [0.2, 0.25) is 0 Å². The lowest BCUT2D eigenvalue weighted by atomic mass is 9.43. The zero-order valence-electron chi connectivity index (χ0n) is 30.2. The lowest BCUT2D eigenvalue weighted by molar-refractivity contribution is -0.0397. The molecular formula is C51H43NO.